The zero-order chi connectivity index (χ0) is 22.9. The number of amides is 2. The quantitative estimate of drug-likeness (QED) is 0.314. The lowest BCUT2D eigenvalue weighted by Gasteiger charge is -2.21. The summed E-state index contributed by atoms with van der Waals surface area (Å²) in [6.45, 7) is 3.68. The molecule has 0 spiro atoms. The molecule has 2 aromatic rings. The third-order valence-electron chi connectivity index (χ3n) is 5.09. The normalized spacial score (nSPS) is 16.5. The summed E-state index contributed by atoms with van der Waals surface area (Å²) in [5.41, 5.74) is 6.26. The lowest BCUT2D eigenvalue weighted by molar-refractivity contribution is -0.135. The molecule has 0 radical (unpaired) electrons. The molecule has 11 heteroatoms. The second-order valence-electron chi connectivity index (χ2n) is 7.30. The van der Waals surface area contributed by atoms with E-state index in [9.17, 15) is 14.4 Å². The zero-order valence-electron chi connectivity index (χ0n) is 18.2. The number of ether oxygens (including phenoxy) is 4. The Bertz CT molecular complexity index is 984. The summed E-state index contributed by atoms with van der Waals surface area (Å²) < 4.78 is 24.7. The number of carbonyl (C=O) groups excluding carboxylic acids is 2. The number of fused-ring (bicyclic) bond motifs is 1. The van der Waals surface area contributed by atoms with Gasteiger partial charge in [0.15, 0.2) is 0 Å². The highest BCUT2D eigenvalue weighted by atomic mass is 16.6. The number of nitrogens with zero attached hydrogens (tertiary/aromatic N) is 2. The molecule has 1 aliphatic heterocycles. The fourth-order valence-electron chi connectivity index (χ4n) is 3.51. The molecule has 1 saturated heterocycles. The number of nitrogens with one attached hydrogen (secondary N) is 1. The minimum atomic E-state index is -0.710. The largest absolute Gasteiger partial charge is 0.491 e. The molecule has 1 aromatic heterocycles. The zero-order valence-corrected chi connectivity index (χ0v) is 18.2. The first-order valence-electron chi connectivity index (χ1n) is 10.6. The average molecular weight is 450 g/mol. The third-order valence-corrected chi connectivity index (χ3v) is 5.09. The smallest absolute Gasteiger partial charge is 0.329 e. The number of benzene rings is 1. The molecule has 3 rings (SSSR count). The number of aromatic nitrogens is 2. The molecule has 1 unspecified atom stereocenters. The van der Waals surface area contributed by atoms with Crippen LogP contribution in [0.5, 0.6) is 5.75 Å². The van der Waals surface area contributed by atoms with Crippen LogP contribution in [0.2, 0.25) is 0 Å². The van der Waals surface area contributed by atoms with Gasteiger partial charge in [-0.1, -0.05) is 0 Å². The van der Waals surface area contributed by atoms with E-state index < -0.39 is 11.9 Å². The number of hydrogen-bond acceptors (Lipinski definition) is 8. The summed E-state index contributed by atoms with van der Waals surface area (Å²) >= 11 is 0. The predicted octanol–water partition coefficient (Wildman–Crippen LogP) is -0.295. The van der Waals surface area contributed by atoms with Crippen LogP contribution in [0, 0.1) is 0 Å². The van der Waals surface area contributed by atoms with E-state index in [0.717, 1.165) is 0 Å². The minimum absolute atomic E-state index is 0.202. The van der Waals surface area contributed by atoms with E-state index in [1.165, 1.54) is 9.13 Å². The Labute approximate surface area is 185 Å². The Morgan fingerprint density at radius 2 is 1.62 bits per heavy atom. The van der Waals surface area contributed by atoms with Crippen LogP contribution in [0.4, 0.5) is 0 Å². The first-order chi connectivity index (χ1) is 15.5. The number of nitrogens with two attached hydrogens (primary N) is 1. The molecule has 0 saturated carbocycles. The van der Waals surface area contributed by atoms with Crippen molar-refractivity contribution in [2.24, 2.45) is 12.8 Å². The van der Waals surface area contributed by atoms with Gasteiger partial charge in [-0.25, -0.2) is 4.79 Å². The van der Waals surface area contributed by atoms with E-state index in [2.05, 4.69) is 5.32 Å². The summed E-state index contributed by atoms with van der Waals surface area (Å²) in [4.78, 5) is 36.4. The molecule has 1 fully saturated rings. The van der Waals surface area contributed by atoms with Crippen molar-refractivity contribution in [1.29, 1.82) is 0 Å². The van der Waals surface area contributed by atoms with E-state index in [-0.39, 0.29) is 18.0 Å². The van der Waals surface area contributed by atoms with E-state index in [1.54, 1.807) is 25.2 Å². The molecular weight excluding hydrogens is 420 g/mol. The summed E-state index contributed by atoms with van der Waals surface area (Å²) in [7, 11) is 1.64. The molecule has 1 aromatic carbocycles. The second-order valence-corrected chi connectivity index (χ2v) is 7.30. The van der Waals surface area contributed by atoms with Crippen LogP contribution in [-0.2, 0) is 30.8 Å². The summed E-state index contributed by atoms with van der Waals surface area (Å²) in [6, 6.07) is 4.54. The summed E-state index contributed by atoms with van der Waals surface area (Å²) in [5.74, 6) is -0.189. The van der Waals surface area contributed by atoms with Crippen molar-refractivity contribution in [2.75, 3.05) is 52.8 Å². The van der Waals surface area contributed by atoms with Crippen LogP contribution >= 0.6 is 0 Å². The minimum Gasteiger partial charge on any atom is -0.491 e. The number of imidazole rings is 1. The number of imide groups is 1. The van der Waals surface area contributed by atoms with Crippen molar-refractivity contribution in [3.63, 3.8) is 0 Å². The highest BCUT2D eigenvalue weighted by Crippen LogP contribution is 2.25. The first-order valence-corrected chi connectivity index (χ1v) is 10.6. The molecule has 176 valence electrons. The van der Waals surface area contributed by atoms with Crippen LogP contribution in [0.25, 0.3) is 11.0 Å². The molecule has 1 aliphatic rings. The van der Waals surface area contributed by atoms with Crippen molar-refractivity contribution >= 4 is 22.8 Å². The number of aryl methyl sites for hydroxylation is 1. The summed E-state index contributed by atoms with van der Waals surface area (Å²) in [5, 5.41) is 2.30. The highest BCUT2D eigenvalue weighted by Gasteiger charge is 2.31. The van der Waals surface area contributed by atoms with Crippen molar-refractivity contribution in [2.45, 2.75) is 18.9 Å². The Kier molecular flexibility index (Phi) is 8.80. The molecule has 2 amide bonds. The van der Waals surface area contributed by atoms with Crippen LogP contribution in [0.3, 0.4) is 0 Å². The lowest BCUT2D eigenvalue weighted by Crippen LogP contribution is -2.44. The van der Waals surface area contributed by atoms with E-state index in [4.69, 9.17) is 24.7 Å². The molecule has 2 heterocycles. The van der Waals surface area contributed by atoms with Crippen LogP contribution < -0.4 is 21.5 Å². The maximum absolute atomic E-state index is 12.8. The molecule has 3 N–H and O–H groups in total. The molecule has 1 atom stereocenters. The van der Waals surface area contributed by atoms with Gasteiger partial charge in [0, 0.05) is 26.1 Å². The third kappa shape index (κ3) is 5.94. The van der Waals surface area contributed by atoms with Crippen LogP contribution in [0.1, 0.15) is 18.9 Å². The van der Waals surface area contributed by atoms with Crippen LogP contribution in [-0.4, -0.2) is 73.7 Å². The van der Waals surface area contributed by atoms with E-state index >= 15 is 0 Å². The van der Waals surface area contributed by atoms with Gasteiger partial charge in [0.05, 0.1) is 50.7 Å². The fourth-order valence-corrected chi connectivity index (χ4v) is 3.51. The van der Waals surface area contributed by atoms with Gasteiger partial charge in [-0.2, -0.15) is 0 Å². The van der Waals surface area contributed by atoms with Crippen molar-refractivity contribution in [3.8, 4) is 5.75 Å². The number of rotatable bonds is 13. The maximum atomic E-state index is 12.8. The van der Waals surface area contributed by atoms with Gasteiger partial charge in [-0.15, -0.1) is 0 Å². The predicted molar refractivity (Wildman–Crippen MR) is 116 cm³/mol. The second kappa shape index (κ2) is 11.8. The Morgan fingerprint density at radius 1 is 0.969 bits per heavy atom. The first kappa shape index (κ1) is 23.9. The van der Waals surface area contributed by atoms with Gasteiger partial charge in [0.1, 0.15) is 18.4 Å². The number of hydrogen-bond donors (Lipinski definition) is 2. The van der Waals surface area contributed by atoms with Crippen molar-refractivity contribution in [1.82, 2.24) is 14.5 Å². The van der Waals surface area contributed by atoms with E-state index in [1.807, 2.05) is 0 Å². The Balaban J connectivity index is 1.49. The SMILES string of the molecule is Cn1c(=O)n(C2CCC(=O)NC2=O)c2ccc(OCCOCCOCCOCCN)cc21. The standard InChI is InChI=1S/C21H30N4O7/c1-24-18-14-15(32-13-12-31-11-10-30-9-8-29-7-6-22)2-3-16(18)25(21(24)28)17-4-5-19(26)23-20(17)27/h2-3,14,17H,4-13,22H2,1H3,(H,23,26,27). The van der Waals surface area contributed by atoms with Crippen molar-refractivity contribution in [3.05, 3.63) is 28.7 Å². The van der Waals surface area contributed by atoms with Crippen LogP contribution in [0.15, 0.2) is 23.0 Å². The van der Waals surface area contributed by atoms with Gasteiger partial charge >= 0.3 is 5.69 Å². The van der Waals surface area contributed by atoms with Crippen molar-refractivity contribution < 1.29 is 28.5 Å². The highest BCUT2D eigenvalue weighted by molar-refractivity contribution is 6.00. The van der Waals surface area contributed by atoms with Gasteiger partial charge < -0.3 is 24.7 Å². The molecule has 32 heavy (non-hydrogen) atoms. The fraction of sp³-hybridized carbons (Fsp3) is 0.571. The number of carbonyl (C=O) groups is 2. The molecule has 0 bridgehead atoms. The van der Waals surface area contributed by atoms with Gasteiger partial charge in [-0.05, 0) is 18.6 Å². The van der Waals surface area contributed by atoms with Gasteiger partial charge in [-0.3, -0.25) is 24.0 Å². The Hall–Kier alpha value is -2.73. The molecule has 0 aliphatic carbocycles. The molecule has 11 nitrogen and oxygen atoms in total. The van der Waals surface area contributed by atoms with E-state index in [0.29, 0.717) is 76.0 Å². The Morgan fingerprint density at radius 3 is 2.28 bits per heavy atom. The maximum Gasteiger partial charge on any atom is 0.329 e. The topological polar surface area (TPSA) is 136 Å². The average Bonchev–Trinajstić information content (AvgIpc) is 3.02. The monoisotopic (exact) mass is 450 g/mol. The van der Waals surface area contributed by atoms with Gasteiger partial charge in [0.2, 0.25) is 11.8 Å². The molecular formula is C21H30N4O7. The lowest BCUT2D eigenvalue weighted by atomic mass is 10.1. The number of piperidine rings is 1. The van der Waals surface area contributed by atoms with Gasteiger partial charge in [0.25, 0.3) is 0 Å². The summed E-state index contributed by atoms with van der Waals surface area (Å²) in [6.07, 6.45) is 0.497.